The van der Waals surface area contributed by atoms with E-state index >= 15 is 0 Å². The zero-order chi connectivity index (χ0) is 14.3. The van der Waals surface area contributed by atoms with E-state index in [4.69, 9.17) is 9.47 Å². The molecule has 0 fully saturated rings. The summed E-state index contributed by atoms with van der Waals surface area (Å²) in [4.78, 5) is 0. The van der Waals surface area contributed by atoms with Crippen LogP contribution in [0.4, 0.5) is 0 Å². The van der Waals surface area contributed by atoms with Gasteiger partial charge in [-0.15, -0.1) is 0 Å². The maximum absolute atomic E-state index is 9.46. The lowest BCUT2D eigenvalue weighted by Gasteiger charge is -2.21. The molecule has 1 rings (SSSR count). The Labute approximate surface area is 116 Å². The Morgan fingerprint density at radius 1 is 1.26 bits per heavy atom. The van der Waals surface area contributed by atoms with Crippen molar-refractivity contribution in [2.75, 3.05) is 20.3 Å². The zero-order valence-electron chi connectivity index (χ0n) is 12.5. The topological polar surface area (TPSA) is 38.7 Å². The Bertz CT molecular complexity index is 369. The van der Waals surface area contributed by atoms with Gasteiger partial charge in [-0.3, -0.25) is 0 Å². The zero-order valence-corrected chi connectivity index (χ0v) is 12.5. The molecule has 0 aromatic heterocycles. The number of methoxy groups -OCH3 is 1. The van der Waals surface area contributed by atoms with Crippen LogP contribution >= 0.6 is 0 Å². The minimum absolute atomic E-state index is 0.115. The molecule has 0 aliphatic carbocycles. The van der Waals surface area contributed by atoms with Crippen LogP contribution in [0, 0.1) is 5.92 Å². The summed E-state index contributed by atoms with van der Waals surface area (Å²) in [5.41, 5.74) is 1.07. The molecule has 0 heterocycles. The molecule has 108 valence electrons. The van der Waals surface area contributed by atoms with Crippen LogP contribution in [0.25, 0.3) is 0 Å². The summed E-state index contributed by atoms with van der Waals surface area (Å²) >= 11 is 0. The number of ether oxygens (including phenoxy) is 2. The lowest BCUT2D eigenvalue weighted by molar-refractivity contribution is -0.0121. The second kappa shape index (κ2) is 7.51. The first-order valence-electron chi connectivity index (χ1n) is 6.82. The molecule has 0 saturated carbocycles. The molecule has 3 heteroatoms. The van der Waals surface area contributed by atoms with Crippen molar-refractivity contribution in [1.82, 2.24) is 0 Å². The van der Waals surface area contributed by atoms with Crippen molar-refractivity contribution in [3.8, 4) is 5.75 Å². The Hall–Kier alpha value is -1.06. The fraction of sp³-hybridized carbons (Fsp3) is 0.625. The van der Waals surface area contributed by atoms with Crippen LogP contribution in [0.5, 0.6) is 5.75 Å². The van der Waals surface area contributed by atoms with E-state index in [9.17, 15) is 5.11 Å². The maximum atomic E-state index is 9.46. The van der Waals surface area contributed by atoms with Gasteiger partial charge in [-0.25, -0.2) is 0 Å². The first-order valence-corrected chi connectivity index (χ1v) is 6.82. The summed E-state index contributed by atoms with van der Waals surface area (Å²) in [5.74, 6) is 1.09. The SMILES string of the molecule is COc1cccc(CC(CO)CCOC(C)(C)C)c1. The van der Waals surface area contributed by atoms with Crippen molar-refractivity contribution in [3.05, 3.63) is 29.8 Å². The summed E-state index contributed by atoms with van der Waals surface area (Å²) in [5, 5.41) is 9.46. The smallest absolute Gasteiger partial charge is 0.119 e. The van der Waals surface area contributed by atoms with E-state index in [2.05, 4.69) is 6.07 Å². The lowest BCUT2D eigenvalue weighted by Crippen LogP contribution is -2.22. The fourth-order valence-corrected chi connectivity index (χ4v) is 1.92. The molecule has 1 aromatic carbocycles. The highest BCUT2D eigenvalue weighted by Gasteiger charge is 2.13. The standard InChI is InChI=1S/C16H26O3/c1-16(2,3)19-9-8-14(12-17)10-13-6-5-7-15(11-13)18-4/h5-7,11,14,17H,8-10,12H2,1-4H3. The van der Waals surface area contributed by atoms with Gasteiger partial charge in [0.15, 0.2) is 0 Å². The first-order chi connectivity index (χ1) is 8.94. The molecule has 0 spiro atoms. The van der Waals surface area contributed by atoms with Crippen molar-refractivity contribution in [2.24, 2.45) is 5.92 Å². The summed E-state index contributed by atoms with van der Waals surface area (Å²) in [6.45, 7) is 7.00. The first kappa shape index (κ1) is 16.0. The van der Waals surface area contributed by atoms with Gasteiger partial charge in [0.1, 0.15) is 5.75 Å². The van der Waals surface area contributed by atoms with Gasteiger partial charge in [0.05, 0.1) is 12.7 Å². The molecule has 3 nitrogen and oxygen atoms in total. The van der Waals surface area contributed by atoms with Crippen molar-refractivity contribution in [1.29, 1.82) is 0 Å². The molecular formula is C16H26O3. The summed E-state index contributed by atoms with van der Waals surface area (Å²) in [6.07, 6.45) is 1.71. The highest BCUT2D eigenvalue weighted by Crippen LogP contribution is 2.18. The van der Waals surface area contributed by atoms with Gasteiger partial charge in [-0.05, 0) is 57.2 Å². The van der Waals surface area contributed by atoms with E-state index in [1.165, 1.54) is 5.56 Å². The van der Waals surface area contributed by atoms with E-state index in [1.54, 1.807) is 7.11 Å². The number of aliphatic hydroxyl groups is 1. The highest BCUT2D eigenvalue weighted by molar-refractivity contribution is 5.28. The molecule has 1 N–H and O–H groups in total. The van der Waals surface area contributed by atoms with Crippen LogP contribution < -0.4 is 4.74 Å². The van der Waals surface area contributed by atoms with Gasteiger partial charge in [0.2, 0.25) is 0 Å². The van der Waals surface area contributed by atoms with Crippen LogP contribution in [0.15, 0.2) is 24.3 Å². The minimum Gasteiger partial charge on any atom is -0.497 e. The Morgan fingerprint density at radius 3 is 2.58 bits per heavy atom. The van der Waals surface area contributed by atoms with Crippen molar-refractivity contribution in [3.63, 3.8) is 0 Å². The molecule has 19 heavy (non-hydrogen) atoms. The Morgan fingerprint density at radius 2 is 2.00 bits per heavy atom. The van der Waals surface area contributed by atoms with Crippen molar-refractivity contribution in [2.45, 2.75) is 39.2 Å². The molecule has 1 unspecified atom stereocenters. The molecule has 0 amide bonds. The van der Waals surface area contributed by atoms with E-state index in [0.717, 1.165) is 18.6 Å². The summed E-state index contributed by atoms with van der Waals surface area (Å²) in [6, 6.07) is 8.00. The number of aliphatic hydroxyl groups excluding tert-OH is 1. The third-order valence-electron chi connectivity index (χ3n) is 2.98. The Balaban J connectivity index is 2.47. The van der Waals surface area contributed by atoms with Crippen LogP contribution in [0.1, 0.15) is 32.8 Å². The van der Waals surface area contributed by atoms with Crippen LogP contribution in [0.2, 0.25) is 0 Å². The number of rotatable bonds is 7. The molecule has 0 radical (unpaired) electrons. The molecule has 0 aliphatic heterocycles. The van der Waals surface area contributed by atoms with E-state index in [-0.39, 0.29) is 18.1 Å². The van der Waals surface area contributed by atoms with Crippen LogP contribution in [0.3, 0.4) is 0 Å². The summed E-state index contributed by atoms with van der Waals surface area (Å²) in [7, 11) is 1.67. The largest absolute Gasteiger partial charge is 0.497 e. The summed E-state index contributed by atoms with van der Waals surface area (Å²) < 4.78 is 10.9. The van der Waals surface area contributed by atoms with Crippen LogP contribution in [-0.4, -0.2) is 31.0 Å². The van der Waals surface area contributed by atoms with Gasteiger partial charge < -0.3 is 14.6 Å². The van der Waals surface area contributed by atoms with Crippen molar-refractivity contribution >= 4 is 0 Å². The predicted octanol–water partition coefficient (Wildman–Crippen LogP) is 3.05. The third kappa shape index (κ3) is 6.60. The number of hydrogen-bond donors (Lipinski definition) is 1. The van der Waals surface area contributed by atoms with Crippen LogP contribution in [-0.2, 0) is 11.2 Å². The Kier molecular flexibility index (Phi) is 6.32. The third-order valence-corrected chi connectivity index (χ3v) is 2.98. The second-order valence-electron chi connectivity index (χ2n) is 5.85. The monoisotopic (exact) mass is 266 g/mol. The number of hydrogen-bond acceptors (Lipinski definition) is 3. The molecule has 1 aromatic rings. The highest BCUT2D eigenvalue weighted by atomic mass is 16.5. The molecule has 0 aliphatic rings. The maximum Gasteiger partial charge on any atom is 0.119 e. The minimum atomic E-state index is -0.115. The van der Waals surface area contributed by atoms with Gasteiger partial charge in [-0.1, -0.05) is 12.1 Å². The average Bonchev–Trinajstić information content (AvgIpc) is 2.36. The molecular weight excluding hydrogens is 240 g/mol. The lowest BCUT2D eigenvalue weighted by atomic mass is 9.97. The molecule has 0 bridgehead atoms. The van der Waals surface area contributed by atoms with Gasteiger partial charge in [0, 0.05) is 13.2 Å². The van der Waals surface area contributed by atoms with E-state index < -0.39 is 0 Å². The average molecular weight is 266 g/mol. The normalized spacial score (nSPS) is 13.3. The van der Waals surface area contributed by atoms with Gasteiger partial charge in [-0.2, -0.15) is 0 Å². The van der Waals surface area contributed by atoms with E-state index in [0.29, 0.717) is 6.61 Å². The molecule has 1 atom stereocenters. The second-order valence-corrected chi connectivity index (χ2v) is 5.85. The van der Waals surface area contributed by atoms with Gasteiger partial charge in [0.25, 0.3) is 0 Å². The van der Waals surface area contributed by atoms with E-state index in [1.807, 2.05) is 39.0 Å². The van der Waals surface area contributed by atoms with Gasteiger partial charge >= 0.3 is 0 Å². The molecule has 0 saturated heterocycles. The fourth-order valence-electron chi connectivity index (χ4n) is 1.92. The predicted molar refractivity (Wildman–Crippen MR) is 77.6 cm³/mol. The number of benzene rings is 1. The van der Waals surface area contributed by atoms with Crippen molar-refractivity contribution < 1.29 is 14.6 Å². The quantitative estimate of drug-likeness (QED) is 0.824.